The summed E-state index contributed by atoms with van der Waals surface area (Å²) in [6, 6.07) is 2.09. The predicted octanol–water partition coefficient (Wildman–Crippen LogP) is 1.54. The molecule has 1 heterocycles. The molecule has 0 saturated heterocycles. The first-order chi connectivity index (χ1) is 6.15. The molecular formula is C10H15NOS. The Morgan fingerprint density at radius 2 is 2.46 bits per heavy atom. The van der Waals surface area contributed by atoms with Crippen LogP contribution in [0.3, 0.4) is 0 Å². The van der Waals surface area contributed by atoms with Crippen LogP contribution in [0.25, 0.3) is 0 Å². The van der Waals surface area contributed by atoms with E-state index in [1.807, 2.05) is 0 Å². The molecule has 0 fully saturated rings. The fraction of sp³-hybridized carbons (Fsp3) is 0.600. The molecule has 2 rings (SSSR count). The molecular weight excluding hydrogens is 182 g/mol. The quantitative estimate of drug-likeness (QED) is 0.717. The van der Waals surface area contributed by atoms with E-state index >= 15 is 0 Å². The van der Waals surface area contributed by atoms with E-state index < -0.39 is 5.60 Å². The van der Waals surface area contributed by atoms with Crippen LogP contribution in [0.4, 0.5) is 0 Å². The molecule has 0 radical (unpaired) electrons. The average Bonchev–Trinajstić information content (AvgIpc) is 2.48. The first kappa shape index (κ1) is 9.19. The highest BCUT2D eigenvalue weighted by atomic mass is 32.1. The molecule has 13 heavy (non-hydrogen) atoms. The molecule has 0 saturated carbocycles. The van der Waals surface area contributed by atoms with Gasteiger partial charge in [0.1, 0.15) is 5.60 Å². The standard InChI is InChI=1S/C10H15NOS/c1-7-5-8-9(13-7)3-2-4-10(8,12)6-11/h5,12H,2-4,6,11H2,1H3. The van der Waals surface area contributed by atoms with Crippen molar-refractivity contribution in [1.82, 2.24) is 0 Å². The van der Waals surface area contributed by atoms with Gasteiger partial charge in [-0.2, -0.15) is 0 Å². The minimum absolute atomic E-state index is 0.343. The van der Waals surface area contributed by atoms with Gasteiger partial charge in [0.25, 0.3) is 0 Å². The molecule has 3 N–H and O–H groups in total. The molecule has 2 nitrogen and oxygen atoms in total. The maximum absolute atomic E-state index is 10.2. The molecule has 3 heteroatoms. The van der Waals surface area contributed by atoms with Crippen molar-refractivity contribution in [2.45, 2.75) is 31.8 Å². The SMILES string of the molecule is Cc1cc2c(s1)CCCC2(O)CN. The number of thiophene rings is 1. The Bertz CT molecular complexity index is 321. The Morgan fingerprint density at radius 3 is 3.15 bits per heavy atom. The maximum Gasteiger partial charge on any atom is 0.103 e. The monoisotopic (exact) mass is 197 g/mol. The summed E-state index contributed by atoms with van der Waals surface area (Å²) in [6.07, 6.45) is 2.98. The molecule has 0 aliphatic heterocycles. The van der Waals surface area contributed by atoms with Gasteiger partial charge in [0, 0.05) is 16.3 Å². The second kappa shape index (κ2) is 3.08. The summed E-state index contributed by atoms with van der Waals surface area (Å²) in [6.45, 7) is 2.43. The second-order valence-electron chi connectivity index (χ2n) is 3.78. The van der Waals surface area contributed by atoms with Crippen LogP contribution in [-0.4, -0.2) is 11.7 Å². The van der Waals surface area contributed by atoms with Crippen LogP contribution < -0.4 is 5.73 Å². The smallest absolute Gasteiger partial charge is 0.103 e. The second-order valence-corrected chi connectivity index (χ2v) is 5.12. The van der Waals surface area contributed by atoms with Gasteiger partial charge in [0.2, 0.25) is 0 Å². The molecule has 0 bridgehead atoms. The van der Waals surface area contributed by atoms with Gasteiger partial charge in [0.15, 0.2) is 0 Å². The van der Waals surface area contributed by atoms with E-state index in [0.717, 1.165) is 24.8 Å². The normalized spacial score (nSPS) is 27.3. The van der Waals surface area contributed by atoms with Crippen molar-refractivity contribution in [3.05, 3.63) is 21.4 Å². The van der Waals surface area contributed by atoms with Crippen molar-refractivity contribution in [3.63, 3.8) is 0 Å². The maximum atomic E-state index is 10.2. The molecule has 1 aliphatic carbocycles. The zero-order valence-electron chi connectivity index (χ0n) is 7.84. The van der Waals surface area contributed by atoms with Gasteiger partial charge < -0.3 is 10.8 Å². The minimum atomic E-state index is -0.738. The van der Waals surface area contributed by atoms with Gasteiger partial charge in [-0.1, -0.05) is 0 Å². The van der Waals surface area contributed by atoms with Crippen LogP contribution in [0.15, 0.2) is 6.07 Å². The molecule has 1 aromatic heterocycles. The molecule has 1 aliphatic rings. The van der Waals surface area contributed by atoms with E-state index in [2.05, 4.69) is 13.0 Å². The Hall–Kier alpha value is -0.380. The Kier molecular flexibility index (Phi) is 2.18. The van der Waals surface area contributed by atoms with Gasteiger partial charge in [-0.15, -0.1) is 11.3 Å². The van der Waals surface area contributed by atoms with Crippen LogP contribution in [-0.2, 0) is 12.0 Å². The number of fused-ring (bicyclic) bond motifs is 1. The van der Waals surface area contributed by atoms with E-state index in [1.54, 1.807) is 11.3 Å². The van der Waals surface area contributed by atoms with E-state index in [4.69, 9.17) is 5.73 Å². The third-order valence-electron chi connectivity index (χ3n) is 2.77. The first-order valence-electron chi connectivity index (χ1n) is 4.68. The Balaban J connectivity index is 2.47. The van der Waals surface area contributed by atoms with Crippen molar-refractivity contribution in [2.24, 2.45) is 5.73 Å². The lowest BCUT2D eigenvalue weighted by atomic mass is 9.83. The molecule has 1 atom stereocenters. The summed E-state index contributed by atoms with van der Waals surface area (Å²) in [5, 5.41) is 10.2. The van der Waals surface area contributed by atoms with Gasteiger partial charge in [-0.3, -0.25) is 0 Å². The third kappa shape index (κ3) is 1.41. The number of aryl methyl sites for hydroxylation is 2. The Labute approximate surface area is 82.4 Å². The number of hydrogen-bond acceptors (Lipinski definition) is 3. The van der Waals surface area contributed by atoms with E-state index in [-0.39, 0.29) is 0 Å². The summed E-state index contributed by atoms with van der Waals surface area (Å²) < 4.78 is 0. The van der Waals surface area contributed by atoms with E-state index in [0.29, 0.717) is 6.54 Å². The predicted molar refractivity (Wildman–Crippen MR) is 54.9 cm³/mol. The third-order valence-corrected chi connectivity index (χ3v) is 3.88. The lowest BCUT2D eigenvalue weighted by Gasteiger charge is -2.31. The average molecular weight is 197 g/mol. The van der Waals surface area contributed by atoms with Crippen LogP contribution in [0.1, 0.15) is 28.2 Å². The van der Waals surface area contributed by atoms with Crippen LogP contribution in [0, 0.1) is 6.92 Å². The number of hydrogen-bond donors (Lipinski definition) is 2. The van der Waals surface area contributed by atoms with Crippen molar-refractivity contribution in [3.8, 4) is 0 Å². The zero-order valence-corrected chi connectivity index (χ0v) is 8.66. The van der Waals surface area contributed by atoms with Crippen LogP contribution in [0.2, 0.25) is 0 Å². The van der Waals surface area contributed by atoms with Crippen LogP contribution >= 0.6 is 11.3 Å². The summed E-state index contributed by atoms with van der Waals surface area (Å²) in [5.41, 5.74) is 5.97. The van der Waals surface area contributed by atoms with Gasteiger partial charge >= 0.3 is 0 Å². The summed E-state index contributed by atoms with van der Waals surface area (Å²) in [4.78, 5) is 2.61. The van der Waals surface area contributed by atoms with Crippen LogP contribution in [0.5, 0.6) is 0 Å². The van der Waals surface area contributed by atoms with Crippen molar-refractivity contribution in [2.75, 3.05) is 6.54 Å². The summed E-state index contributed by atoms with van der Waals surface area (Å²) in [5.74, 6) is 0. The van der Waals surface area contributed by atoms with Crippen molar-refractivity contribution in [1.29, 1.82) is 0 Å². The van der Waals surface area contributed by atoms with Gasteiger partial charge in [0.05, 0.1) is 0 Å². The fourth-order valence-electron chi connectivity index (χ4n) is 2.03. The van der Waals surface area contributed by atoms with E-state index in [9.17, 15) is 5.11 Å². The molecule has 72 valence electrons. The number of rotatable bonds is 1. The van der Waals surface area contributed by atoms with Gasteiger partial charge in [-0.05, 0) is 37.8 Å². The lowest BCUT2D eigenvalue weighted by molar-refractivity contribution is 0.0288. The summed E-state index contributed by atoms with van der Waals surface area (Å²) >= 11 is 1.79. The fourth-order valence-corrected chi connectivity index (χ4v) is 3.20. The topological polar surface area (TPSA) is 46.2 Å². The van der Waals surface area contributed by atoms with Crippen molar-refractivity contribution >= 4 is 11.3 Å². The van der Waals surface area contributed by atoms with E-state index in [1.165, 1.54) is 9.75 Å². The molecule has 0 spiro atoms. The molecule has 1 unspecified atom stereocenters. The number of aliphatic hydroxyl groups is 1. The summed E-state index contributed by atoms with van der Waals surface area (Å²) in [7, 11) is 0. The molecule has 0 amide bonds. The highest BCUT2D eigenvalue weighted by Gasteiger charge is 2.34. The van der Waals surface area contributed by atoms with Gasteiger partial charge in [-0.25, -0.2) is 0 Å². The largest absolute Gasteiger partial charge is 0.384 e. The molecule has 0 aromatic carbocycles. The lowest BCUT2D eigenvalue weighted by Crippen LogP contribution is -2.37. The zero-order chi connectivity index (χ0) is 9.47. The number of nitrogens with two attached hydrogens (primary N) is 1. The highest BCUT2D eigenvalue weighted by molar-refractivity contribution is 7.12. The van der Waals surface area contributed by atoms with Crippen molar-refractivity contribution < 1.29 is 5.11 Å². The molecule has 1 aromatic rings. The minimum Gasteiger partial charge on any atom is -0.384 e. The Morgan fingerprint density at radius 1 is 1.69 bits per heavy atom. The highest BCUT2D eigenvalue weighted by Crippen LogP contribution is 2.38. The first-order valence-corrected chi connectivity index (χ1v) is 5.49.